The highest BCUT2D eigenvalue weighted by Gasteiger charge is 2.38. The summed E-state index contributed by atoms with van der Waals surface area (Å²) in [5.41, 5.74) is 7.56. The van der Waals surface area contributed by atoms with Crippen molar-refractivity contribution in [2.75, 3.05) is 25.9 Å². The molecule has 182 valence electrons. The van der Waals surface area contributed by atoms with Gasteiger partial charge in [0.1, 0.15) is 12.2 Å². The Morgan fingerprint density at radius 2 is 2.00 bits per heavy atom. The molecule has 0 radical (unpaired) electrons. The molecule has 2 aromatic heterocycles. The Hall–Kier alpha value is -3.34. The Balaban J connectivity index is 1.34. The monoisotopic (exact) mass is 473 g/mol. The first-order valence-corrected chi connectivity index (χ1v) is 12.1. The van der Waals surface area contributed by atoms with Crippen molar-refractivity contribution in [3.63, 3.8) is 0 Å². The van der Waals surface area contributed by atoms with Gasteiger partial charge in [0.2, 0.25) is 0 Å². The van der Waals surface area contributed by atoms with Crippen LogP contribution in [0, 0.1) is 17.8 Å². The molecule has 7 heteroatoms. The lowest BCUT2D eigenvalue weighted by Gasteiger charge is -2.28. The molecule has 35 heavy (non-hydrogen) atoms. The normalized spacial score (nSPS) is 19.7. The average Bonchev–Trinajstić information content (AvgIpc) is 3.63. The van der Waals surface area contributed by atoms with Gasteiger partial charge >= 0.3 is 0 Å². The van der Waals surface area contributed by atoms with E-state index in [4.69, 9.17) is 13.2 Å². The SMILES string of the molecule is [2H]C([2H])(Oc1cc(-c2cnn(C3CCN(C)CC3)c2)cnc1N)c1cccc(C#CC(C)(O)C2CC2)c1. The van der Waals surface area contributed by atoms with Gasteiger partial charge in [-0.2, -0.15) is 5.10 Å². The van der Waals surface area contributed by atoms with Gasteiger partial charge in [0.25, 0.3) is 0 Å². The molecule has 2 fully saturated rings. The number of piperidine rings is 1. The number of benzene rings is 1. The first kappa shape index (κ1) is 21.0. The second-order valence-electron chi connectivity index (χ2n) is 9.81. The van der Waals surface area contributed by atoms with Gasteiger partial charge in [-0.3, -0.25) is 4.68 Å². The van der Waals surface area contributed by atoms with Crippen LogP contribution in [0.4, 0.5) is 5.82 Å². The fourth-order valence-electron chi connectivity index (χ4n) is 4.36. The van der Waals surface area contributed by atoms with Crippen LogP contribution >= 0.6 is 0 Å². The van der Waals surface area contributed by atoms with Crippen LogP contribution in [-0.4, -0.2) is 50.5 Å². The number of ether oxygens (including phenoxy) is 1. The van der Waals surface area contributed by atoms with Crippen molar-refractivity contribution in [2.45, 2.75) is 50.8 Å². The minimum atomic E-state index is -2.18. The van der Waals surface area contributed by atoms with Gasteiger partial charge in [-0.25, -0.2) is 4.98 Å². The molecule has 1 saturated heterocycles. The topological polar surface area (TPSA) is 89.4 Å². The lowest BCUT2D eigenvalue weighted by Crippen LogP contribution is -2.31. The first-order valence-electron chi connectivity index (χ1n) is 13.1. The smallest absolute Gasteiger partial charge is 0.166 e. The lowest BCUT2D eigenvalue weighted by atomic mass is 10.0. The molecular formula is C28H33N5O2. The zero-order valence-corrected chi connectivity index (χ0v) is 20.2. The van der Waals surface area contributed by atoms with E-state index in [0.717, 1.165) is 49.9 Å². The summed E-state index contributed by atoms with van der Waals surface area (Å²) in [4.78, 5) is 6.58. The molecule has 0 amide bonds. The number of anilines is 1. The Kier molecular flexibility index (Phi) is 5.83. The fraction of sp³-hybridized carbons (Fsp3) is 0.429. The second-order valence-corrected chi connectivity index (χ2v) is 9.81. The van der Waals surface area contributed by atoms with Crippen LogP contribution in [0.2, 0.25) is 0 Å². The highest BCUT2D eigenvalue weighted by atomic mass is 16.5. The molecule has 1 aliphatic heterocycles. The third-order valence-electron chi connectivity index (χ3n) is 6.85. The van der Waals surface area contributed by atoms with E-state index in [2.05, 4.69) is 33.9 Å². The number of nitrogen functional groups attached to an aromatic ring is 1. The number of nitrogens with two attached hydrogens (primary N) is 1. The highest BCUT2D eigenvalue weighted by molar-refractivity contribution is 5.65. The van der Waals surface area contributed by atoms with Crippen molar-refractivity contribution >= 4 is 5.82 Å². The van der Waals surface area contributed by atoms with Gasteiger partial charge in [-0.1, -0.05) is 24.0 Å². The van der Waals surface area contributed by atoms with Crippen LogP contribution in [0.1, 0.15) is 52.5 Å². The molecular weight excluding hydrogens is 438 g/mol. The number of pyridine rings is 1. The second kappa shape index (κ2) is 9.73. The maximum Gasteiger partial charge on any atom is 0.166 e. The Morgan fingerprint density at radius 3 is 2.77 bits per heavy atom. The van der Waals surface area contributed by atoms with Crippen LogP contribution in [0.3, 0.4) is 0 Å². The standard InChI is InChI=1S/C28H33N5O2/c1-28(34,24-6-7-24)11-8-20-4-3-5-21(14-20)19-35-26-15-22(16-30-27(26)29)23-17-31-33(18-23)25-9-12-32(2)13-10-25/h3-5,14-18,24-25,34H,6-7,9-10,12-13,19H2,1-2H3,(H2,29,30)/i19D2. The molecule has 1 aliphatic carbocycles. The van der Waals surface area contributed by atoms with E-state index in [-0.39, 0.29) is 17.5 Å². The highest BCUT2D eigenvalue weighted by Crippen LogP contribution is 2.39. The number of aromatic nitrogens is 3. The Bertz CT molecular complexity index is 1330. The van der Waals surface area contributed by atoms with Crippen molar-refractivity contribution in [1.82, 2.24) is 19.7 Å². The summed E-state index contributed by atoms with van der Waals surface area (Å²) in [7, 11) is 2.13. The number of rotatable bonds is 6. The Morgan fingerprint density at radius 1 is 1.20 bits per heavy atom. The number of likely N-dealkylation sites (tertiary alicyclic amines) is 1. The zero-order chi connectivity index (χ0) is 26.2. The van der Waals surface area contributed by atoms with E-state index in [1.165, 1.54) is 0 Å². The average molecular weight is 474 g/mol. The summed E-state index contributed by atoms with van der Waals surface area (Å²) in [5.74, 6) is 6.38. The molecule has 3 heterocycles. The van der Waals surface area contributed by atoms with Gasteiger partial charge in [-0.05, 0) is 82.4 Å². The summed E-state index contributed by atoms with van der Waals surface area (Å²) >= 11 is 0. The maximum absolute atomic E-state index is 10.5. The van der Waals surface area contributed by atoms with Crippen LogP contribution < -0.4 is 10.5 Å². The molecule has 1 unspecified atom stereocenters. The van der Waals surface area contributed by atoms with Crippen molar-refractivity contribution in [2.24, 2.45) is 5.92 Å². The molecule has 5 rings (SSSR count). The minimum absolute atomic E-state index is 0.103. The molecule has 0 bridgehead atoms. The third-order valence-corrected chi connectivity index (χ3v) is 6.85. The predicted molar refractivity (Wildman–Crippen MR) is 137 cm³/mol. The first-order chi connectivity index (χ1) is 17.6. The molecule has 3 N–H and O–H groups in total. The van der Waals surface area contributed by atoms with Crippen LogP contribution in [0.25, 0.3) is 11.1 Å². The van der Waals surface area contributed by atoms with Gasteiger partial charge in [-0.15, -0.1) is 0 Å². The largest absolute Gasteiger partial charge is 0.485 e. The van der Waals surface area contributed by atoms with Crippen molar-refractivity contribution < 1.29 is 12.6 Å². The summed E-state index contributed by atoms with van der Waals surface area (Å²) < 4.78 is 25.0. The lowest BCUT2D eigenvalue weighted by molar-refractivity contribution is 0.0980. The summed E-state index contributed by atoms with van der Waals surface area (Å²) in [6, 6.07) is 8.85. The molecule has 2 aliphatic rings. The van der Waals surface area contributed by atoms with Crippen molar-refractivity contribution in [1.29, 1.82) is 0 Å². The predicted octanol–water partition coefficient (Wildman–Crippen LogP) is 3.89. The zero-order valence-electron chi connectivity index (χ0n) is 22.2. The van der Waals surface area contributed by atoms with Crippen molar-refractivity contribution in [3.8, 4) is 28.7 Å². The van der Waals surface area contributed by atoms with Crippen molar-refractivity contribution in [3.05, 3.63) is 60.0 Å². The van der Waals surface area contributed by atoms with E-state index in [1.54, 1.807) is 49.6 Å². The fourth-order valence-corrected chi connectivity index (χ4v) is 4.36. The maximum atomic E-state index is 10.5. The van der Waals surface area contributed by atoms with E-state index in [9.17, 15) is 5.11 Å². The number of hydrogen-bond donors (Lipinski definition) is 2. The van der Waals surface area contributed by atoms with Crippen LogP contribution in [0.5, 0.6) is 5.75 Å². The third kappa shape index (κ3) is 5.67. The summed E-state index contributed by atoms with van der Waals surface area (Å²) in [6.45, 7) is 1.64. The molecule has 3 aromatic rings. The summed E-state index contributed by atoms with van der Waals surface area (Å²) in [6.07, 6.45) is 9.50. The number of hydrogen-bond acceptors (Lipinski definition) is 6. The molecule has 1 atom stereocenters. The molecule has 1 aromatic carbocycles. The van der Waals surface area contributed by atoms with Gasteiger partial charge < -0.3 is 20.5 Å². The summed E-state index contributed by atoms with van der Waals surface area (Å²) in [5, 5.41) is 15.0. The van der Waals surface area contributed by atoms with E-state index in [0.29, 0.717) is 17.2 Å². The number of nitrogens with zero attached hydrogens (tertiary/aromatic N) is 4. The van der Waals surface area contributed by atoms with E-state index in [1.807, 2.05) is 10.9 Å². The van der Waals surface area contributed by atoms with E-state index < -0.39 is 12.2 Å². The minimum Gasteiger partial charge on any atom is -0.485 e. The van der Waals surface area contributed by atoms with Gasteiger partial charge in [0.15, 0.2) is 11.6 Å². The molecule has 1 saturated carbocycles. The van der Waals surface area contributed by atoms with Gasteiger partial charge in [0.05, 0.1) is 15.0 Å². The van der Waals surface area contributed by atoms with Crippen LogP contribution in [-0.2, 0) is 6.56 Å². The van der Waals surface area contributed by atoms with E-state index >= 15 is 0 Å². The van der Waals surface area contributed by atoms with Gasteiger partial charge in [0, 0.05) is 29.1 Å². The number of aliphatic hydroxyl groups is 1. The molecule has 7 nitrogen and oxygen atoms in total. The Labute approximate surface area is 209 Å². The van der Waals surface area contributed by atoms with Crippen LogP contribution in [0.15, 0.2) is 48.9 Å². The molecule has 0 spiro atoms. The quantitative estimate of drug-likeness (QED) is 0.528.